The largest absolute Gasteiger partial charge is 0.388 e. The van der Waals surface area contributed by atoms with Gasteiger partial charge in [0.2, 0.25) is 5.91 Å². The molecule has 0 aromatic heterocycles. The minimum atomic E-state index is -0.982. The van der Waals surface area contributed by atoms with Crippen molar-refractivity contribution in [1.29, 1.82) is 0 Å². The SMILES string of the molecule is COCC1(C(=O)NC(C)(C)C(C)(C)O)CCNCC1. The summed E-state index contributed by atoms with van der Waals surface area (Å²) in [7, 11) is 1.62. The lowest BCUT2D eigenvalue weighted by Crippen LogP contribution is -2.62. The number of hydrogen-bond acceptors (Lipinski definition) is 4. The summed E-state index contributed by atoms with van der Waals surface area (Å²) in [6.45, 7) is 9.15. The van der Waals surface area contributed by atoms with Gasteiger partial charge in [0.05, 0.1) is 23.2 Å². The molecular weight excluding hydrogens is 244 g/mol. The summed E-state index contributed by atoms with van der Waals surface area (Å²) in [6.07, 6.45) is 1.52. The van der Waals surface area contributed by atoms with Crippen molar-refractivity contribution in [2.45, 2.75) is 51.7 Å². The molecule has 3 N–H and O–H groups in total. The molecule has 5 heteroatoms. The molecule has 1 heterocycles. The van der Waals surface area contributed by atoms with Crippen LogP contribution in [0, 0.1) is 5.41 Å². The molecule has 0 aromatic rings. The Balaban J connectivity index is 2.84. The number of methoxy groups -OCH3 is 1. The van der Waals surface area contributed by atoms with E-state index in [1.807, 2.05) is 13.8 Å². The number of hydrogen-bond donors (Lipinski definition) is 3. The van der Waals surface area contributed by atoms with Crippen LogP contribution in [0.5, 0.6) is 0 Å². The Morgan fingerprint density at radius 1 is 1.32 bits per heavy atom. The van der Waals surface area contributed by atoms with Crippen LogP contribution in [-0.2, 0) is 9.53 Å². The highest BCUT2D eigenvalue weighted by atomic mass is 16.5. The molecule has 1 saturated heterocycles. The van der Waals surface area contributed by atoms with Gasteiger partial charge in [-0.25, -0.2) is 0 Å². The third-order valence-electron chi connectivity index (χ3n) is 4.42. The molecule has 19 heavy (non-hydrogen) atoms. The van der Waals surface area contributed by atoms with Crippen molar-refractivity contribution in [2.24, 2.45) is 5.41 Å². The summed E-state index contributed by atoms with van der Waals surface area (Å²) in [5.41, 5.74) is -2.15. The predicted molar refractivity (Wildman–Crippen MR) is 74.9 cm³/mol. The molecule has 1 amide bonds. The molecule has 0 unspecified atom stereocenters. The van der Waals surface area contributed by atoms with Crippen molar-refractivity contribution in [1.82, 2.24) is 10.6 Å². The topological polar surface area (TPSA) is 70.6 Å². The molecule has 112 valence electrons. The number of carbonyl (C=O) groups excluding carboxylic acids is 1. The molecule has 0 spiro atoms. The third-order valence-corrected chi connectivity index (χ3v) is 4.42. The second kappa shape index (κ2) is 5.77. The van der Waals surface area contributed by atoms with Gasteiger partial charge in [0.25, 0.3) is 0 Å². The van der Waals surface area contributed by atoms with E-state index in [-0.39, 0.29) is 5.91 Å². The zero-order chi connectivity index (χ0) is 14.7. The molecule has 0 atom stereocenters. The Morgan fingerprint density at radius 2 is 1.84 bits per heavy atom. The summed E-state index contributed by atoms with van der Waals surface area (Å²) < 4.78 is 5.25. The first kappa shape index (κ1) is 16.4. The fourth-order valence-electron chi connectivity index (χ4n) is 2.19. The van der Waals surface area contributed by atoms with Crippen LogP contribution >= 0.6 is 0 Å². The molecule has 0 bridgehead atoms. The second-order valence-corrected chi connectivity index (χ2v) is 6.60. The van der Waals surface area contributed by atoms with E-state index in [4.69, 9.17) is 4.74 Å². The van der Waals surface area contributed by atoms with Gasteiger partial charge in [-0.15, -0.1) is 0 Å². The zero-order valence-corrected chi connectivity index (χ0v) is 12.8. The van der Waals surface area contributed by atoms with Crippen LogP contribution in [0.3, 0.4) is 0 Å². The smallest absolute Gasteiger partial charge is 0.229 e. The minimum Gasteiger partial charge on any atom is -0.388 e. The van der Waals surface area contributed by atoms with Gasteiger partial charge >= 0.3 is 0 Å². The minimum absolute atomic E-state index is 0.0250. The maximum absolute atomic E-state index is 12.6. The standard InChI is InChI=1S/C14H28N2O3/c1-12(2,13(3,4)18)16-11(17)14(10-19-5)6-8-15-9-7-14/h15,18H,6-10H2,1-5H3,(H,16,17). The van der Waals surface area contributed by atoms with Crippen molar-refractivity contribution in [2.75, 3.05) is 26.8 Å². The lowest BCUT2D eigenvalue weighted by Gasteiger charge is -2.43. The van der Waals surface area contributed by atoms with Crippen molar-refractivity contribution in [3.63, 3.8) is 0 Å². The van der Waals surface area contributed by atoms with Crippen molar-refractivity contribution >= 4 is 5.91 Å². The molecule has 0 aromatic carbocycles. The number of piperidine rings is 1. The molecule has 0 saturated carbocycles. The van der Waals surface area contributed by atoms with Gasteiger partial charge in [0.15, 0.2) is 0 Å². The summed E-state index contributed by atoms with van der Waals surface area (Å²) >= 11 is 0. The van der Waals surface area contributed by atoms with E-state index in [2.05, 4.69) is 10.6 Å². The number of nitrogens with one attached hydrogen (secondary N) is 2. The third kappa shape index (κ3) is 3.68. The van der Waals surface area contributed by atoms with Gasteiger partial charge in [-0.3, -0.25) is 4.79 Å². The monoisotopic (exact) mass is 272 g/mol. The maximum atomic E-state index is 12.6. The number of ether oxygens (including phenoxy) is 1. The summed E-state index contributed by atoms with van der Waals surface area (Å²) in [5.74, 6) is -0.0250. The predicted octanol–water partition coefficient (Wildman–Crippen LogP) is 0.668. The van der Waals surface area contributed by atoms with E-state index in [1.165, 1.54) is 0 Å². The Hall–Kier alpha value is -0.650. The lowest BCUT2D eigenvalue weighted by molar-refractivity contribution is -0.141. The maximum Gasteiger partial charge on any atom is 0.229 e. The lowest BCUT2D eigenvalue weighted by atomic mass is 9.77. The van der Waals surface area contributed by atoms with Gasteiger partial charge in [-0.05, 0) is 53.6 Å². The van der Waals surface area contributed by atoms with Gasteiger partial charge in [0.1, 0.15) is 0 Å². The van der Waals surface area contributed by atoms with E-state index in [0.717, 1.165) is 25.9 Å². The molecule has 1 fully saturated rings. The van der Waals surface area contributed by atoms with Crippen LogP contribution in [0.4, 0.5) is 0 Å². The molecule has 0 radical (unpaired) electrons. The van der Waals surface area contributed by atoms with Crippen molar-refractivity contribution < 1.29 is 14.6 Å². The fraction of sp³-hybridized carbons (Fsp3) is 0.929. The van der Waals surface area contributed by atoms with Crippen LogP contribution in [-0.4, -0.2) is 49.0 Å². The number of aliphatic hydroxyl groups is 1. The zero-order valence-electron chi connectivity index (χ0n) is 12.8. The van der Waals surface area contributed by atoms with Crippen LogP contribution in [0.2, 0.25) is 0 Å². The summed E-state index contributed by atoms with van der Waals surface area (Å²) in [6, 6.07) is 0. The Kier molecular flexibility index (Phi) is 4.98. The van der Waals surface area contributed by atoms with E-state index in [9.17, 15) is 9.90 Å². The van der Waals surface area contributed by atoms with E-state index in [1.54, 1.807) is 21.0 Å². The van der Waals surface area contributed by atoms with Crippen molar-refractivity contribution in [3.05, 3.63) is 0 Å². The fourth-order valence-corrected chi connectivity index (χ4v) is 2.19. The van der Waals surface area contributed by atoms with Gasteiger partial charge in [-0.1, -0.05) is 0 Å². The van der Waals surface area contributed by atoms with Crippen LogP contribution in [0.25, 0.3) is 0 Å². The van der Waals surface area contributed by atoms with Crippen LogP contribution < -0.4 is 10.6 Å². The van der Waals surface area contributed by atoms with Crippen LogP contribution in [0.15, 0.2) is 0 Å². The first-order valence-electron chi connectivity index (χ1n) is 6.89. The van der Waals surface area contributed by atoms with Gasteiger partial charge in [-0.2, -0.15) is 0 Å². The summed E-state index contributed by atoms with van der Waals surface area (Å²) in [5, 5.41) is 16.4. The number of rotatable bonds is 5. The van der Waals surface area contributed by atoms with Crippen LogP contribution in [0.1, 0.15) is 40.5 Å². The number of carbonyl (C=O) groups is 1. The van der Waals surface area contributed by atoms with E-state index in [0.29, 0.717) is 6.61 Å². The highest BCUT2D eigenvalue weighted by Gasteiger charge is 2.44. The Labute approximate surface area is 116 Å². The molecule has 1 aliphatic heterocycles. The average Bonchev–Trinajstić information content (AvgIpc) is 2.28. The molecule has 0 aliphatic carbocycles. The first-order chi connectivity index (χ1) is 8.65. The molecular formula is C14H28N2O3. The van der Waals surface area contributed by atoms with Gasteiger partial charge in [0, 0.05) is 7.11 Å². The quantitative estimate of drug-likeness (QED) is 0.688. The summed E-state index contributed by atoms with van der Waals surface area (Å²) in [4.78, 5) is 12.6. The molecule has 5 nitrogen and oxygen atoms in total. The second-order valence-electron chi connectivity index (χ2n) is 6.60. The van der Waals surface area contributed by atoms with E-state index >= 15 is 0 Å². The Morgan fingerprint density at radius 3 is 2.26 bits per heavy atom. The normalized spacial score (nSPS) is 20.1. The number of amides is 1. The van der Waals surface area contributed by atoms with Crippen molar-refractivity contribution in [3.8, 4) is 0 Å². The molecule has 1 rings (SSSR count). The highest BCUT2D eigenvalue weighted by Crippen LogP contribution is 2.31. The van der Waals surface area contributed by atoms with Gasteiger partial charge < -0.3 is 20.5 Å². The average molecular weight is 272 g/mol. The molecule has 1 aliphatic rings. The Bertz CT molecular complexity index is 310. The highest BCUT2D eigenvalue weighted by molar-refractivity contribution is 5.83. The van der Waals surface area contributed by atoms with E-state index < -0.39 is 16.6 Å². The first-order valence-corrected chi connectivity index (χ1v) is 6.89.